The molecule has 4 aromatic rings. The topological polar surface area (TPSA) is 30.0 Å². The van der Waals surface area contributed by atoms with Gasteiger partial charge in [-0.15, -0.1) is 11.3 Å². The summed E-state index contributed by atoms with van der Waals surface area (Å²) in [7, 11) is 0. The molecule has 0 unspecified atom stereocenters. The Morgan fingerprint density at radius 2 is 1.26 bits per heavy atom. The number of aromatic nitrogens is 1. The van der Waals surface area contributed by atoms with Gasteiger partial charge in [0.2, 0.25) is 5.78 Å². The molecule has 1 heterocycles. The normalized spacial score (nSPS) is 18.9. The fourth-order valence-electron chi connectivity index (χ4n) is 2.36. The van der Waals surface area contributed by atoms with Gasteiger partial charge >= 0.3 is 0 Å². The van der Waals surface area contributed by atoms with Crippen LogP contribution >= 0.6 is 18.2 Å². The molecule has 0 bridgehead atoms. The van der Waals surface area contributed by atoms with Gasteiger partial charge in [0, 0.05) is 11.6 Å². The molecule has 1 aromatic heterocycles. The molecule has 3 aromatic carbocycles. The molecule has 0 saturated heterocycles. The predicted octanol–water partition coefficient (Wildman–Crippen LogP) is 4.12. The van der Waals surface area contributed by atoms with Crippen molar-refractivity contribution in [3.8, 4) is 0 Å². The van der Waals surface area contributed by atoms with E-state index in [1.165, 1.54) is 11.6 Å². The molecule has 4 heteroatoms. The molecule has 132 valence electrons. The van der Waals surface area contributed by atoms with Crippen molar-refractivity contribution in [3.05, 3.63) is 107 Å². The Bertz CT molecular complexity index is 1610. The summed E-state index contributed by atoms with van der Waals surface area (Å²) >= 11 is 0.841. The minimum absolute atomic E-state index is 0.202. The standard InChI is InChI=1S/C23H18NOPS/c25-22(23-24-16-17-27-23)18-26(19-10-4-1-5-11-19,20-12-6-2-7-13-20)21-14-8-3-9-15-21/h1-18H/i1D,2D,3D,4D,5D,6D,7D,8D,9D,10D,11D,12D,13D,14D,15D. The van der Waals surface area contributed by atoms with Gasteiger partial charge in [-0.25, -0.2) is 4.98 Å². The summed E-state index contributed by atoms with van der Waals surface area (Å²) in [6.45, 7) is -4.80. The van der Waals surface area contributed by atoms with Crippen LogP contribution in [0, 0.1) is 0 Å². The SMILES string of the molecule is [2H]c1c([2H])c([2H])c(P(=CC(=O)c2nccs2)(c2c([2H])c([2H])c([2H])c([2H])c2[2H])c2c([2H])c([2H])c([2H])c([2H])c2[2H])c([2H])c1[2H]. The first-order valence-corrected chi connectivity index (χ1v) is 10.2. The van der Waals surface area contributed by atoms with Gasteiger partial charge in [0.15, 0.2) is 5.01 Å². The minimum Gasteiger partial charge on any atom is -0.287 e. The lowest BCUT2D eigenvalue weighted by Crippen LogP contribution is -2.28. The molecule has 0 radical (unpaired) electrons. The van der Waals surface area contributed by atoms with Crippen LogP contribution in [0.4, 0.5) is 0 Å². The zero-order chi connectivity index (χ0) is 31.6. The molecule has 0 aliphatic heterocycles. The highest BCUT2D eigenvalue weighted by atomic mass is 32.1. The van der Waals surface area contributed by atoms with Crippen molar-refractivity contribution in [2.75, 3.05) is 0 Å². The first-order chi connectivity index (χ1) is 19.5. The van der Waals surface area contributed by atoms with Crippen molar-refractivity contribution in [1.82, 2.24) is 4.98 Å². The Labute approximate surface area is 184 Å². The summed E-state index contributed by atoms with van der Waals surface area (Å²) in [4.78, 5) is 17.7. The molecule has 0 atom stereocenters. The molecule has 4 rings (SSSR count). The van der Waals surface area contributed by atoms with E-state index in [1.54, 1.807) is 0 Å². The van der Waals surface area contributed by atoms with Crippen LogP contribution in [0.5, 0.6) is 0 Å². The highest BCUT2D eigenvalue weighted by Crippen LogP contribution is 2.43. The second-order valence-corrected chi connectivity index (χ2v) is 8.91. The first-order valence-electron chi connectivity index (χ1n) is 14.9. The number of nitrogens with zero attached hydrogens (tertiary/aromatic N) is 1. The lowest BCUT2D eigenvalue weighted by atomic mass is 10.4. The number of Topliss-reactive ketones (excluding diaryl/α,β-unsaturated/α-hetero) is 1. The van der Waals surface area contributed by atoms with E-state index in [1.807, 2.05) is 0 Å². The second kappa shape index (κ2) is 7.87. The quantitative estimate of drug-likeness (QED) is 0.371. The second-order valence-electron chi connectivity index (χ2n) is 4.97. The van der Waals surface area contributed by atoms with Gasteiger partial charge in [-0.2, -0.15) is 0 Å². The third kappa shape index (κ3) is 3.44. The molecule has 2 nitrogen and oxygen atoms in total. The summed E-state index contributed by atoms with van der Waals surface area (Å²) in [6, 6.07) is -13.7. The fraction of sp³-hybridized carbons (Fsp3) is 0. The van der Waals surface area contributed by atoms with Gasteiger partial charge in [0.25, 0.3) is 0 Å². The van der Waals surface area contributed by atoms with E-state index in [2.05, 4.69) is 4.98 Å². The van der Waals surface area contributed by atoms with Crippen molar-refractivity contribution in [2.24, 2.45) is 0 Å². The number of rotatable bonds is 5. The zero-order valence-corrected chi connectivity index (χ0v) is 15.2. The highest BCUT2D eigenvalue weighted by molar-refractivity contribution is 7.95. The maximum atomic E-state index is 13.8. The van der Waals surface area contributed by atoms with Gasteiger partial charge in [-0.3, -0.25) is 4.79 Å². The maximum absolute atomic E-state index is 13.8. The first kappa shape index (κ1) is 7.35. The molecule has 0 amide bonds. The molecule has 0 aliphatic rings. The molecular weight excluding hydrogens is 369 g/mol. The van der Waals surface area contributed by atoms with Crippen molar-refractivity contribution in [3.63, 3.8) is 0 Å². The smallest absolute Gasteiger partial charge is 0.215 e. The number of ketones is 1. The highest BCUT2D eigenvalue weighted by Gasteiger charge is 2.26. The van der Waals surface area contributed by atoms with Gasteiger partial charge < -0.3 is 0 Å². The van der Waals surface area contributed by atoms with Crippen molar-refractivity contribution in [1.29, 1.82) is 0 Å². The van der Waals surface area contributed by atoms with Crippen LogP contribution in [0.25, 0.3) is 0 Å². The number of thiazole rings is 1. The average Bonchev–Trinajstić information content (AvgIpc) is 3.50. The molecular formula is C23H18NOPS. The molecule has 0 spiro atoms. The number of benzene rings is 3. The summed E-state index contributed by atoms with van der Waals surface area (Å²) in [5.74, 6) is -0.231. The molecule has 27 heavy (non-hydrogen) atoms. The summed E-state index contributed by atoms with van der Waals surface area (Å²) in [6.07, 6.45) is 1.27. The van der Waals surface area contributed by atoms with E-state index in [0.29, 0.717) is 0 Å². The monoisotopic (exact) mass is 402 g/mol. The van der Waals surface area contributed by atoms with Crippen LogP contribution in [-0.2, 0) is 0 Å². The average molecular weight is 403 g/mol. The molecule has 0 N–H and O–H groups in total. The Balaban J connectivity index is 2.54. The van der Waals surface area contributed by atoms with Gasteiger partial charge in [0.1, 0.15) is 0 Å². The Hall–Kier alpha value is -2.74. The fourth-order valence-corrected chi connectivity index (χ4v) is 5.93. The lowest BCUT2D eigenvalue weighted by molar-refractivity contribution is 0.107. The van der Waals surface area contributed by atoms with E-state index in [4.69, 9.17) is 20.6 Å². The van der Waals surface area contributed by atoms with Gasteiger partial charge in [-0.05, 0) is 28.6 Å². The van der Waals surface area contributed by atoms with E-state index in [0.717, 1.165) is 17.1 Å². The van der Waals surface area contributed by atoms with Crippen LogP contribution in [-0.4, -0.2) is 16.6 Å². The Morgan fingerprint density at radius 1 is 0.815 bits per heavy atom. The number of hydrogen-bond acceptors (Lipinski definition) is 3. The largest absolute Gasteiger partial charge is 0.287 e. The predicted molar refractivity (Wildman–Crippen MR) is 118 cm³/mol. The third-order valence-corrected chi connectivity index (χ3v) is 7.67. The minimum atomic E-state index is -4.80. The number of carbonyl (C=O) groups excluding carboxylic acids is 1. The molecule has 0 saturated carbocycles. The van der Waals surface area contributed by atoms with Crippen LogP contribution in [0.2, 0.25) is 0 Å². The van der Waals surface area contributed by atoms with Gasteiger partial charge in [-0.1, -0.05) is 90.6 Å². The Morgan fingerprint density at radius 3 is 1.63 bits per heavy atom. The van der Waals surface area contributed by atoms with E-state index < -0.39 is 119 Å². The Kier molecular flexibility index (Phi) is 2.14. The van der Waals surface area contributed by atoms with Crippen LogP contribution in [0.3, 0.4) is 0 Å². The zero-order valence-electron chi connectivity index (χ0n) is 28.4. The summed E-state index contributed by atoms with van der Waals surface area (Å²) < 4.78 is 127. The van der Waals surface area contributed by atoms with Crippen molar-refractivity contribution >= 4 is 45.7 Å². The number of carbonyl (C=O) groups is 1. The van der Waals surface area contributed by atoms with Crippen LogP contribution < -0.4 is 15.9 Å². The van der Waals surface area contributed by atoms with E-state index >= 15 is 0 Å². The van der Waals surface area contributed by atoms with E-state index in [-0.39, 0.29) is 5.01 Å². The summed E-state index contributed by atoms with van der Waals surface area (Å²) in [5.41, 5.74) is 0. The molecule has 0 fully saturated rings. The van der Waals surface area contributed by atoms with Gasteiger partial charge in [0.05, 0.1) is 20.6 Å². The lowest BCUT2D eigenvalue weighted by Gasteiger charge is -2.28. The van der Waals surface area contributed by atoms with E-state index in [9.17, 15) is 4.79 Å². The van der Waals surface area contributed by atoms with Crippen LogP contribution in [0.15, 0.2) is 102 Å². The summed E-state index contributed by atoms with van der Waals surface area (Å²) in [5, 5.41) is -1.03. The molecule has 0 aliphatic carbocycles. The third-order valence-electron chi connectivity index (χ3n) is 3.47. The maximum Gasteiger partial charge on any atom is 0.215 e. The number of hydrogen-bond donors (Lipinski definition) is 0. The van der Waals surface area contributed by atoms with Crippen molar-refractivity contribution in [2.45, 2.75) is 0 Å². The van der Waals surface area contributed by atoms with Crippen LogP contribution in [0.1, 0.15) is 30.4 Å². The van der Waals surface area contributed by atoms with Crippen molar-refractivity contribution < 1.29 is 25.4 Å².